The maximum absolute atomic E-state index is 10.3. The zero-order chi connectivity index (χ0) is 7.28. The van der Waals surface area contributed by atoms with Gasteiger partial charge in [0.1, 0.15) is 6.10 Å². The van der Waals surface area contributed by atoms with Crippen LogP contribution in [-0.2, 0) is 4.74 Å². The molecule has 0 aromatic carbocycles. The Morgan fingerprint density at radius 2 is 2.44 bits per heavy atom. The van der Waals surface area contributed by atoms with Crippen molar-refractivity contribution < 1.29 is 9.53 Å². The Bertz CT molecular complexity index is 95.0. The average Bonchev–Trinajstić information content (AvgIpc) is 1.87. The Labute approximate surface area is 54.3 Å². The van der Waals surface area contributed by atoms with Gasteiger partial charge in [0.25, 0.3) is 0 Å². The van der Waals surface area contributed by atoms with Crippen LogP contribution in [0.5, 0.6) is 0 Å². The van der Waals surface area contributed by atoms with E-state index in [2.05, 4.69) is 4.74 Å². The Morgan fingerprint density at radius 1 is 1.89 bits per heavy atom. The van der Waals surface area contributed by atoms with Gasteiger partial charge >= 0.3 is 6.09 Å². The van der Waals surface area contributed by atoms with Crippen LogP contribution in [0.2, 0.25) is 0 Å². The first-order valence-electron chi connectivity index (χ1n) is 2.88. The van der Waals surface area contributed by atoms with Crippen LogP contribution in [0.4, 0.5) is 4.79 Å². The third-order valence-corrected chi connectivity index (χ3v) is 1.00. The molecule has 0 aliphatic carbocycles. The molecule has 9 heavy (non-hydrogen) atoms. The maximum Gasteiger partial charge on any atom is 0.421 e. The molecule has 1 amide bonds. The molecule has 0 saturated heterocycles. The van der Waals surface area contributed by atoms with E-state index in [4.69, 9.17) is 5.84 Å². The van der Waals surface area contributed by atoms with Crippen LogP contribution in [0.3, 0.4) is 0 Å². The molecular weight excluding hydrogens is 120 g/mol. The van der Waals surface area contributed by atoms with Gasteiger partial charge in [-0.05, 0) is 13.3 Å². The van der Waals surface area contributed by atoms with Crippen molar-refractivity contribution in [2.45, 2.75) is 26.4 Å². The number of rotatable bonds is 2. The Kier molecular flexibility index (Phi) is 3.79. The Morgan fingerprint density at radius 3 is 2.78 bits per heavy atom. The van der Waals surface area contributed by atoms with E-state index in [0.29, 0.717) is 0 Å². The van der Waals surface area contributed by atoms with Crippen molar-refractivity contribution in [1.82, 2.24) is 5.43 Å². The highest BCUT2D eigenvalue weighted by Crippen LogP contribution is 1.94. The van der Waals surface area contributed by atoms with Gasteiger partial charge in [-0.25, -0.2) is 10.6 Å². The van der Waals surface area contributed by atoms with Gasteiger partial charge in [0.05, 0.1) is 0 Å². The molecule has 0 aromatic heterocycles. The molecule has 1 atom stereocenters. The molecule has 0 aliphatic heterocycles. The number of hydrazine groups is 1. The van der Waals surface area contributed by atoms with Crippen LogP contribution in [0, 0.1) is 0 Å². The lowest BCUT2D eigenvalue weighted by molar-refractivity contribution is 0.105. The predicted octanol–water partition coefficient (Wildman–Crippen LogP) is 0.385. The molecule has 4 nitrogen and oxygen atoms in total. The zero-order valence-electron chi connectivity index (χ0n) is 5.68. The van der Waals surface area contributed by atoms with Crippen molar-refractivity contribution in [1.29, 1.82) is 0 Å². The largest absolute Gasteiger partial charge is 0.446 e. The lowest BCUT2D eigenvalue weighted by Crippen LogP contribution is -2.32. The summed E-state index contributed by atoms with van der Waals surface area (Å²) in [7, 11) is 0. The van der Waals surface area contributed by atoms with Gasteiger partial charge in [-0.2, -0.15) is 0 Å². The molecule has 0 radical (unpaired) electrons. The van der Waals surface area contributed by atoms with Crippen LogP contribution in [0.15, 0.2) is 0 Å². The molecule has 0 heterocycles. The molecule has 0 spiro atoms. The van der Waals surface area contributed by atoms with E-state index in [1.54, 1.807) is 6.92 Å². The van der Waals surface area contributed by atoms with E-state index in [9.17, 15) is 4.79 Å². The van der Waals surface area contributed by atoms with Crippen LogP contribution in [-0.4, -0.2) is 12.2 Å². The SMILES string of the molecule is CCC(C)OC(=O)NN. The summed E-state index contributed by atoms with van der Waals surface area (Å²) in [6.07, 6.45) is 0.158. The summed E-state index contributed by atoms with van der Waals surface area (Å²) in [5, 5.41) is 0. The van der Waals surface area contributed by atoms with Gasteiger partial charge in [0.2, 0.25) is 0 Å². The quantitative estimate of drug-likeness (QED) is 0.324. The number of carbonyl (C=O) groups is 1. The minimum atomic E-state index is -0.579. The fraction of sp³-hybridized carbons (Fsp3) is 0.800. The lowest BCUT2D eigenvalue weighted by atomic mass is 10.3. The fourth-order valence-corrected chi connectivity index (χ4v) is 0.300. The number of nitrogens with two attached hydrogens (primary N) is 1. The third kappa shape index (κ3) is 3.78. The second-order valence-corrected chi connectivity index (χ2v) is 1.77. The lowest BCUT2D eigenvalue weighted by Gasteiger charge is -2.08. The van der Waals surface area contributed by atoms with Gasteiger partial charge in [-0.1, -0.05) is 6.92 Å². The third-order valence-electron chi connectivity index (χ3n) is 1.00. The average molecular weight is 132 g/mol. The molecule has 0 fully saturated rings. The molecule has 0 rings (SSSR count). The number of ether oxygens (including phenoxy) is 1. The van der Waals surface area contributed by atoms with Gasteiger partial charge in [-0.3, -0.25) is 5.43 Å². The Balaban J connectivity index is 3.34. The van der Waals surface area contributed by atoms with E-state index >= 15 is 0 Å². The van der Waals surface area contributed by atoms with Crippen molar-refractivity contribution in [2.75, 3.05) is 0 Å². The van der Waals surface area contributed by atoms with Crippen LogP contribution < -0.4 is 11.3 Å². The normalized spacial score (nSPS) is 12.3. The number of hydrogen-bond donors (Lipinski definition) is 2. The molecule has 4 heteroatoms. The van der Waals surface area contributed by atoms with Crippen LogP contribution in [0.25, 0.3) is 0 Å². The molecule has 3 N–H and O–H groups in total. The smallest absolute Gasteiger partial charge is 0.421 e. The molecule has 0 saturated carbocycles. The second-order valence-electron chi connectivity index (χ2n) is 1.77. The summed E-state index contributed by atoms with van der Waals surface area (Å²) in [6.45, 7) is 3.73. The first-order chi connectivity index (χ1) is 4.20. The summed E-state index contributed by atoms with van der Waals surface area (Å²) in [4.78, 5) is 10.3. The Hall–Kier alpha value is -0.770. The number of carbonyl (C=O) groups excluding carboxylic acids is 1. The maximum atomic E-state index is 10.3. The summed E-state index contributed by atoms with van der Waals surface area (Å²) < 4.78 is 4.67. The van der Waals surface area contributed by atoms with Crippen molar-refractivity contribution in [3.05, 3.63) is 0 Å². The van der Waals surface area contributed by atoms with E-state index in [1.807, 2.05) is 12.3 Å². The van der Waals surface area contributed by atoms with Crippen LogP contribution in [0.1, 0.15) is 20.3 Å². The first kappa shape index (κ1) is 8.23. The molecule has 0 bridgehead atoms. The molecule has 1 unspecified atom stereocenters. The van der Waals surface area contributed by atoms with Gasteiger partial charge in [-0.15, -0.1) is 0 Å². The van der Waals surface area contributed by atoms with Gasteiger partial charge in [0.15, 0.2) is 0 Å². The molecular formula is C5H12N2O2. The topological polar surface area (TPSA) is 64.3 Å². The van der Waals surface area contributed by atoms with Crippen molar-refractivity contribution in [3.63, 3.8) is 0 Å². The summed E-state index contributed by atoms with van der Waals surface area (Å²) in [5.74, 6) is 4.75. The standard InChI is InChI=1S/C5H12N2O2/c1-3-4(2)9-5(8)7-6/h4H,3,6H2,1-2H3,(H,7,8). The van der Waals surface area contributed by atoms with E-state index in [1.165, 1.54) is 0 Å². The monoisotopic (exact) mass is 132 g/mol. The highest BCUT2D eigenvalue weighted by molar-refractivity contribution is 5.66. The first-order valence-corrected chi connectivity index (χ1v) is 2.88. The minimum Gasteiger partial charge on any atom is -0.446 e. The number of nitrogens with one attached hydrogen (secondary N) is 1. The predicted molar refractivity (Wildman–Crippen MR) is 33.6 cm³/mol. The highest BCUT2D eigenvalue weighted by atomic mass is 16.6. The van der Waals surface area contributed by atoms with Crippen LogP contribution >= 0.6 is 0 Å². The number of amides is 1. The van der Waals surface area contributed by atoms with Crippen molar-refractivity contribution >= 4 is 6.09 Å². The van der Waals surface area contributed by atoms with E-state index < -0.39 is 6.09 Å². The summed E-state index contributed by atoms with van der Waals surface area (Å²) in [5.41, 5.74) is 1.87. The van der Waals surface area contributed by atoms with Gasteiger partial charge < -0.3 is 4.74 Å². The highest BCUT2D eigenvalue weighted by Gasteiger charge is 2.02. The molecule has 0 aliphatic rings. The fourth-order valence-electron chi connectivity index (χ4n) is 0.300. The minimum absolute atomic E-state index is 0.0615. The second kappa shape index (κ2) is 4.14. The molecule has 0 aromatic rings. The molecule has 54 valence electrons. The van der Waals surface area contributed by atoms with E-state index in [0.717, 1.165) is 6.42 Å². The van der Waals surface area contributed by atoms with E-state index in [-0.39, 0.29) is 6.10 Å². The van der Waals surface area contributed by atoms with Crippen molar-refractivity contribution in [2.24, 2.45) is 5.84 Å². The van der Waals surface area contributed by atoms with Gasteiger partial charge in [0, 0.05) is 0 Å². The summed E-state index contributed by atoms with van der Waals surface area (Å²) in [6, 6.07) is 0. The number of hydrogen-bond acceptors (Lipinski definition) is 3. The zero-order valence-corrected chi connectivity index (χ0v) is 5.68. The summed E-state index contributed by atoms with van der Waals surface area (Å²) >= 11 is 0. The van der Waals surface area contributed by atoms with Crippen molar-refractivity contribution in [3.8, 4) is 0 Å².